The van der Waals surface area contributed by atoms with E-state index in [0.717, 1.165) is 26.8 Å². The van der Waals surface area contributed by atoms with Crippen LogP contribution in [0.1, 0.15) is 0 Å². The third kappa shape index (κ3) is 2.57. The summed E-state index contributed by atoms with van der Waals surface area (Å²) >= 11 is 9.43. The summed E-state index contributed by atoms with van der Waals surface area (Å²) < 4.78 is 0.949. The zero-order chi connectivity index (χ0) is 14.1. The second-order valence-electron chi connectivity index (χ2n) is 4.39. The van der Waals surface area contributed by atoms with Crippen molar-refractivity contribution in [1.82, 2.24) is 4.98 Å². The minimum atomic E-state index is 0.637. The Hall–Kier alpha value is -1.78. The zero-order valence-corrected chi connectivity index (χ0v) is 12.7. The molecule has 20 heavy (non-hydrogen) atoms. The van der Waals surface area contributed by atoms with E-state index < -0.39 is 0 Å². The van der Waals surface area contributed by atoms with Gasteiger partial charge in [-0.05, 0) is 46.3 Å². The molecule has 1 aromatic heterocycles. The molecular formula is C15H11BrClN3. The Bertz CT molecular complexity index is 789. The fourth-order valence-electron chi connectivity index (χ4n) is 2.02. The van der Waals surface area contributed by atoms with Crippen LogP contribution < -0.4 is 11.1 Å². The largest absolute Gasteiger partial charge is 0.397 e. The summed E-state index contributed by atoms with van der Waals surface area (Å²) in [5.74, 6) is 0. The predicted molar refractivity (Wildman–Crippen MR) is 88.6 cm³/mol. The van der Waals surface area contributed by atoms with Gasteiger partial charge in [-0.3, -0.25) is 4.98 Å². The van der Waals surface area contributed by atoms with Crippen LogP contribution in [0.2, 0.25) is 5.02 Å². The number of nitrogens with one attached hydrogen (secondary N) is 1. The number of halogens is 2. The lowest BCUT2D eigenvalue weighted by Crippen LogP contribution is -1.97. The van der Waals surface area contributed by atoms with E-state index in [4.69, 9.17) is 17.3 Å². The molecule has 1 heterocycles. The monoisotopic (exact) mass is 347 g/mol. The first-order chi connectivity index (χ1) is 9.63. The van der Waals surface area contributed by atoms with Gasteiger partial charge in [-0.1, -0.05) is 23.7 Å². The minimum Gasteiger partial charge on any atom is -0.397 e. The number of hydrogen-bond acceptors (Lipinski definition) is 3. The second-order valence-corrected chi connectivity index (χ2v) is 5.74. The van der Waals surface area contributed by atoms with Crippen molar-refractivity contribution in [3.05, 3.63) is 58.2 Å². The normalized spacial score (nSPS) is 10.7. The average Bonchev–Trinajstić information content (AvgIpc) is 2.43. The van der Waals surface area contributed by atoms with Crippen molar-refractivity contribution < 1.29 is 0 Å². The van der Waals surface area contributed by atoms with Crippen molar-refractivity contribution >= 4 is 55.5 Å². The van der Waals surface area contributed by atoms with Gasteiger partial charge < -0.3 is 11.1 Å². The van der Waals surface area contributed by atoms with Crippen LogP contribution in [-0.4, -0.2) is 4.98 Å². The maximum Gasteiger partial charge on any atom is 0.0937 e. The summed E-state index contributed by atoms with van der Waals surface area (Å²) in [5, 5.41) is 4.97. The van der Waals surface area contributed by atoms with Gasteiger partial charge in [0.25, 0.3) is 0 Å². The van der Waals surface area contributed by atoms with Crippen LogP contribution >= 0.6 is 27.5 Å². The minimum absolute atomic E-state index is 0.637. The molecule has 0 atom stereocenters. The number of benzene rings is 2. The standard InChI is InChI=1S/C15H11BrClN3/c16-10-6-9-2-1-3-13(15(9)19-8-10)20-14-7-11(17)4-5-12(14)18/h1-8,20H,18H2. The van der Waals surface area contributed by atoms with Crippen molar-refractivity contribution in [2.75, 3.05) is 11.1 Å². The summed E-state index contributed by atoms with van der Waals surface area (Å²) in [6, 6.07) is 13.3. The Morgan fingerprint density at radius 3 is 2.80 bits per heavy atom. The summed E-state index contributed by atoms with van der Waals surface area (Å²) in [4.78, 5) is 4.45. The van der Waals surface area contributed by atoms with E-state index in [1.165, 1.54) is 0 Å². The molecule has 2 aromatic carbocycles. The van der Waals surface area contributed by atoms with E-state index in [-0.39, 0.29) is 0 Å². The van der Waals surface area contributed by atoms with Gasteiger partial charge in [-0.2, -0.15) is 0 Å². The number of hydrogen-bond donors (Lipinski definition) is 2. The molecule has 0 saturated heterocycles. The smallest absolute Gasteiger partial charge is 0.0937 e. The second kappa shape index (κ2) is 5.31. The van der Waals surface area contributed by atoms with Crippen molar-refractivity contribution in [2.24, 2.45) is 0 Å². The molecule has 0 saturated carbocycles. The van der Waals surface area contributed by atoms with Gasteiger partial charge in [0.2, 0.25) is 0 Å². The molecule has 3 nitrogen and oxygen atoms in total. The Morgan fingerprint density at radius 1 is 1.10 bits per heavy atom. The fraction of sp³-hybridized carbons (Fsp3) is 0. The number of para-hydroxylation sites is 1. The highest BCUT2D eigenvalue weighted by Gasteiger charge is 2.06. The lowest BCUT2D eigenvalue weighted by atomic mass is 10.2. The Morgan fingerprint density at radius 2 is 1.95 bits per heavy atom. The lowest BCUT2D eigenvalue weighted by molar-refractivity contribution is 1.38. The maximum absolute atomic E-state index is 6.00. The molecule has 0 fully saturated rings. The number of anilines is 3. The van der Waals surface area contributed by atoms with Crippen LogP contribution in [-0.2, 0) is 0 Å². The van der Waals surface area contributed by atoms with E-state index in [1.54, 1.807) is 24.4 Å². The molecule has 0 spiro atoms. The average molecular weight is 349 g/mol. The number of nitrogen functional groups attached to an aromatic ring is 1. The Labute approximate surface area is 129 Å². The number of pyridine rings is 1. The van der Waals surface area contributed by atoms with Gasteiger partial charge in [0.1, 0.15) is 0 Å². The summed E-state index contributed by atoms with van der Waals surface area (Å²) in [7, 11) is 0. The summed E-state index contributed by atoms with van der Waals surface area (Å²) in [6.45, 7) is 0. The quantitative estimate of drug-likeness (QED) is 0.642. The fourth-order valence-corrected chi connectivity index (χ4v) is 2.54. The van der Waals surface area contributed by atoms with Gasteiger partial charge in [0.15, 0.2) is 0 Å². The molecule has 0 unspecified atom stereocenters. The van der Waals surface area contributed by atoms with Crippen LogP contribution in [0.3, 0.4) is 0 Å². The lowest BCUT2D eigenvalue weighted by Gasteiger charge is -2.11. The van der Waals surface area contributed by atoms with Crippen LogP contribution in [0.25, 0.3) is 10.9 Å². The van der Waals surface area contributed by atoms with Crippen LogP contribution in [0.5, 0.6) is 0 Å². The molecule has 0 radical (unpaired) electrons. The molecule has 0 aliphatic rings. The molecular weight excluding hydrogens is 338 g/mol. The zero-order valence-electron chi connectivity index (χ0n) is 10.4. The molecule has 5 heteroatoms. The van der Waals surface area contributed by atoms with Crippen LogP contribution in [0.15, 0.2) is 53.1 Å². The SMILES string of the molecule is Nc1ccc(Cl)cc1Nc1cccc2cc(Br)cnc12. The van der Waals surface area contributed by atoms with Gasteiger partial charge in [-0.25, -0.2) is 0 Å². The van der Waals surface area contributed by atoms with Crippen molar-refractivity contribution in [3.8, 4) is 0 Å². The Balaban J connectivity index is 2.09. The van der Waals surface area contributed by atoms with Crippen LogP contribution in [0.4, 0.5) is 17.1 Å². The highest BCUT2D eigenvalue weighted by atomic mass is 79.9. The predicted octanol–water partition coefficient (Wildman–Crippen LogP) is 4.98. The van der Waals surface area contributed by atoms with E-state index in [0.29, 0.717) is 10.7 Å². The van der Waals surface area contributed by atoms with Gasteiger partial charge in [0, 0.05) is 21.1 Å². The third-order valence-corrected chi connectivity index (χ3v) is 3.63. The van der Waals surface area contributed by atoms with Crippen LogP contribution in [0, 0.1) is 0 Å². The van der Waals surface area contributed by atoms with E-state index >= 15 is 0 Å². The topological polar surface area (TPSA) is 50.9 Å². The first kappa shape index (κ1) is 13.2. The van der Waals surface area contributed by atoms with Gasteiger partial charge in [-0.15, -0.1) is 0 Å². The van der Waals surface area contributed by atoms with E-state index in [9.17, 15) is 0 Å². The molecule has 3 rings (SSSR count). The van der Waals surface area contributed by atoms with Crippen molar-refractivity contribution in [3.63, 3.8) is 0 Å². The van der Waals surface area contributed by atoms with Gasteiger partial charge in [0.05, 0.1) is 22.6 Å². The van der Waals surface area contributed by atoms with Gasteiger partial charge >= 0.3 is 0 Å². The number of nitrogens with zero attached hydrogens (tertiary/aromatic N) is 1. The first-order valence-corrected chi connectivity index (χ1v) is 7.17. The molecule has 0 aliphatic heterocycles. The number of fused-ring (bicyclic) bond motifs is 1. The highest BCUT2D eigenvalue weighted by molar-refractivity contribution is 9.10. The number of nitrogens with two attached hydrogens (primary N) is 1. The maximum atomic E-state index is 6.00. The molecule has 3 aromatic rings. The molecule has 100 valence electrons. The van der Waals surface area contributed by atoms with E-state index in [2.05, 4.69) is 26.2 Å². The first-order valence-electron chi connectivity index (χ1n) is 6.00. The molecule has 0 bridgehead atoms. The number of aromatic nitrogens is 1. The Kier molecular flexibility index (Phi) is 3.51. The molecule has 0 amide bonds. The third-order valence-electron chi connectivity index (χ3n) is 2.96. The summed E-state index contributed by atoms with van der Waals surface area (Å²) in [5.41, 5.74) is 9.15. The van der Waals surface area contributed by atoms with Crippen molar-refractivity contribution in [2.45, 2.75) is 0 Å². The highest BCUT2D eigenvalue weighted by Crippen LogP contribution is 2.30. The van der Waals surface area contributed by atoms with E-state index in [1.807, 2.05) is 24.3 Å². The molecule has 0 aliphatic carbocycles. The van der Waals surface area contributed by atoms with Crippen molar-refractivity contribution in [1.29, 1.82) is 0 Å². The summed E-state index contributed by atoms with van der Waals surface area (Å²) in [6.07, 6.45) is 1.77. The molecule has 3 N–H and O–H groups in total. The number of rotatable bonds is 2.